The van der Waals surface area contributed by atoms with Gasteiger partial charge >= 0.3 is 0 Å². The molecule has 0 unspecified atom stereocenters. The summed E-state index contributed by atoms with van der Waals surface area (Å²) < 4.78 is 28.1. The summed E-state index contributed by atoms with van der Waals surface area (Å²) in [6.45, 7) is 1.96. The third-order valence-corrected chi connectivity index (χ3v) is 4.46. The predicted octanol–water partition coefficient (Wildman–Crippen LogP) is 5.38. The van der Waals surface area contributed by atoms with E-state index in [0.29, 0.717) is 22.6 Å². The Morgan fingerprint density at radius 3 is 2.07 bits per heavy atom. The number of carbonyl (C=O) groups excluding carboxylic acids is 1. The molecule has 4 aromatic rings. The van der Waals surface area contributed by atoms with Gasteiger partial charge < -0.3 is 5.32 Å². The van der Waals surface area contributed by atoms with Gasteiger partial charge in [-0.05, 0) is 73.7 Å². The molecule has 1 aromatic heterocycles. The molecule has 0 radical (unpaired) electrons. The molecule has 1 heterocycles. The van der Waals surface area contributed by atoms with Crippen LogP contribution in [0.25, 0.3) is 16.9 Å². The van der Waals surface area contributed by atoms with E-state index in [1.54, 1.807) is 30.3 Å². The molecule has 0 spiro atoms. The summed E-state index contributed by atoms with van der Waals surface area (Å²) in [5.74, 6) is -1.10. The van der Waals surface area contributed by atoms with Gasteiger partial charge in [0, 0.05) is 11.3 Å². The van der Waals surface area contributed by atoms with Crippen LogP contribution in [0.4, 0.5) is 14.5 Å². The zero-order valence-electron chi connectivity index (χ0n) is 15.6. The first-order chi connectivity index (χ1) is 14.0. The van der Waals surface area contributed by atoms with Crippen LogP contribution in [-0.2, 0) is 0 Å². The maximum atomic E-state index is 13.3. The molecule has 0 bridgehead atoms. The molecule has 0 aliphatic carbocycles. The van der Waals surface area contributed by atoms with E-state index in [1.807, 2.05) is 31.2 Å². The second kappa shape index (κ2) is 7.67. The van der Waals surface area contributed by atoms with Gasteiger partial charge in [0.1, 0.15) is 17.3 Å². The quantitative estimate of drug-likeness (QED) is 0.509. The Hall–Kier alpha value is -3.80. The van der Waals surface area contributed by atoms with E-state index in [9.17, 15) is 13.6 Å². The molecule has 3 aromatic carbocycles. The second-order valence-corrected chi connectivity index (χ2v) is 6.63. The minimum Gasteiger partial charge on any atom is -0.321 e. The summed E-state index contributed by atoms with van der Waals surface area (Å²) in [6, 6.07) is 20.6. The number of anilines is 1. The molecule has 0 aliphatic heterocycles. The van der Waals surface area contributed by atoms with Gasteiger partial charge in [-0.3, -0.25) is 4.79 Å². The van der Waals surface area contributed by atoms with E-state index in [0.717, 1.165) is 5.56 Å². The number of nitrogens with zero attached hydrogens (tertiary/aromatic N) is 2. The Morgan fingerprint density at radius 1 is 0.862 bits per heavy atom. The first-order valence-electron chi connectivity index (χ1n) is 8.99. The van der Waals surface area contributed by atoms with Crippen LogP contribution in [0.15, 0.2) is 78.9 Å². The van der Waals surface area contributed by atoms with Crippen molar-refractivity contribution in [3.8, 4) is 16.9 Å². The lowest BCUT2D eigenvalue weighted by molar-refractivity contribution is 0.101. The van der Waals surface area contributed by atoms with Gasteiger partial charge in [0.2, 0.25) is 0 Å². The van der Waals surface area contributed by atoms with E-state index in [2.05, 4.69) is 10.4 Å². The Kier molecular flexibility index (Phi) is 4.91. The third kappa shape index (κ3) is 4.06. The van der Waals surface area contributed by atoms with Crippen molar-refractivity contribution < 1.29 is 13.6 Å². The summed E-state index contributed by atoms with van der Waals surface area (Å²) in [6.07, 6.45) is 0. The van der Waals surface area contributed by atoms with Crippen LogP contribution in [-0.4, -0.2) is 15.7 Å². The van der Waals surface area contributed by atoms with Crippen LogP contribution >= 0.6 is 0 Å². The van der Waals surface area contributed by atoms with Crippen molar-refractivity contribution in [2.24, 2.45) is 0 Å². The number of aryl methyl sites for hydroxylation is 1. The maximum Gasteiger partial charge on any atom is 0.274 e. The SMILES string of the molecule is Cc1ccc(NC(=O)c2cc(-c3ccc(F)cc3)nn2-c2ccc(F)cc2)cc1. The Balaban J connectivity index is 1.75. The maximum absolute atomic E-state index is 13.3. The average molecular weight is 389 g/mol. The van der Waals surface area contributed by atoms with Crippen molar-refractivity contribution >= 4 is 11.6 Å². The highest BCUT2D eigenvalue weighted by Crippen LogP contribution is 2.23. The summed E-state index contributed by atoms with van der Waals surface area (Å²) in [5.41, 5.74) is 3.71. The van der Waals surface area contributed by atoms with Crippen molar-refractivity contribution in [3.63, 3.8) is 0 Å². The van der Waals surface area contributed by atoms with E-state index in [4.69, 9.17) is 0 Å². The molecule has 0 saturated carbocycles. The first-order valence-corrected chi connectivity index (χ1v) is 8.99. The second-order valence-electron chi connectivity index (χ2n) is 6.63. The molecular weight excluding hydrogens is 372 g/mol. The molecule has 0 saturated heterocycles. The molecule has 29 heavy (non-hydrogen) atoms. The van der Waals surface area contributed by atoms with Crippen molar-refractivity contribution in [3.05, 3.63) is 102 Å². The normalized spacial score (nSPS) is 10.7. The average Bonchev–Trinajstić information content (AvgIpc) is 3.16. The van der Waals surface area contributed by atoms with Gasteiger partial charge in [-0.2, -0.15) is 5.10 Å². The predicted molar refractivity (Wildman–Crippen MR) is 108 cm³/mol. The largest absolute Gasteiger partial charge is 0.321 e. The zero-order valence-corrected chi connectivity index (χ0v) is 15.6. The smallest absolute Gasteiger partial charge is 0.274 e. The molecular formula is C23H17F2N3O. The van der Waals surface area contributed by atoms with Crippen LogP contribution in [0.5, 0.6) is 0 Å². The number of rotatable bonds is 4. The lowest BCUT2D eigenvalue weighted by Gasteiger charge is -2.08. The number of amides is 1. The molecule has 0 aliphatic rings. The topological polar surface area (TPSA) is 46.9 Å². The Labute approximate surface area is 166 Å². The number of benzene rings is 3. The van der Waals surface area contributed by atoms with E-state index < -0.39 is 0 Å². The number of carbonyl (C=O) groups is 1. The van der Waals surface area contributed by atoms with Crippen molar-refractivity contribution in [1.82, 2.24) is 9.78 Å². The summed E-state index contributed by atoms with van der Waals surface area (Å²) in [7, 11) is 0. The van der Waals surface area contributed by atoms with Crippen LogP contribution in [0.2, 0.25) is 0 Å². The van der Waals surface area contributed by atoms with E-state index in [1.165, 1.54) is 28.9 Å². The molecule has 1 amide bonds. The number of nitrogens with one attached hydrogen (secondary N) is 1. The number of halogens is 2. The van der Waals surface area contributed by atoms with Crippen LogP contribution in [0.1, 0.15) is 16.1 Å². The van der Waals surface area contributed by atoms with Crippen LogP contribution in [0, 0.1) is 18.6 Å². The monoisotopic (exact) mass is 389 g/mol. The number of aromatic nitrogens is 2. The zero-order chi connectivity index (χ0) is 20.4. The molecule has 4 nitrogen and oxygen atoms in total. The number of hydrogen-bond acceptors (Lipinski definition) is 2. The highest BCUT2D eigenvalue weighted by Gasteiger charge is 2.18. The highest BCUT2D eigenvalue weighted by atomic mass is 19.1. The van der Waals surface area contributed by atoms with Gasteiger partial charge in [0.15, 0.2) is 0 Å². The summed E-state index contributed by atoms with van der Waals surface area (Å²) >= 11 is 0. The highest BCUT2D eigenvalue weighted by molar-refractivity contribution is 6.04. The van der Waals surface area contributed by atoms with E-state index in [-0.39, 0.29) is 23.2 Å². The molecule has 144 valence electrons. The van der Waals surface area contributed by atoms with Crippen LogP contribution in [0.3, 0.4) is 0 Å². The molecule has 0 atom stereocenters. The van der Waals surface area contributed by atoms with Crippen molar-refractivity contribution in [1.29, 1.82) is 0 Å². The fraction of sp³-hybridized carbons (Fsp3) is 0.0435. The summed E-state index contributed by atoms with van der Waals surface area (Å²) in [4.78, 5) is 13.0. The van der Waals surface area contributed by atoms with Gasteiger partial charge in [-0.15, -0.1) is 0 Å². The third-order valence-electron chi connectivity index (χ3n) is 4.46. The Morgan fingerprint density at radius 2 is 1.45 bits per heavy atom. The lowest BCUT2D eigenvalue weighted by atomic mass is 10.1. The van der Waals surface area contributed by atoms with Crippen LogP contribution < -0.4 is 5.32 Å². The van der Waals surface area contributed by atoms with Gasteiger partial charge in [0.25, 0.3) is 5.91 Å². The Bertz CT molecular complexity index is 1150. The fourth-order valence-corrected chi connectivity index (χ4v) is 2.92. The number of hydrogen-bond donors (Lipinski definition) is 1. The fourth-order valence-electron chi connectivity index (χ4n) is 2.92. The van der Waals surface area contributed by atoms with E-state index >= 15 is 0 Å². The first kappa shape index (κ1) is 18.6. The standard InChI is InChI=1S/C23H17F2N3O/c1-15-2-10-19(11-3-15)26-23(29)22-14-21(16-4-6-17(24)7-5-16)27-28(22)20-12-8-18(25)9-13-20/h2-14H,1H3,(H,26,29). The minimum atomic E-state index is -0.384. The molecule has 1 N–H and O–H groups in total. The molecule has 6 heteroatoms. The van der Waals surface area contributed by atoms with Gasteiger partial charge in [0.05, 0.1) is 11.4 Å². The van der Waals surface area contributed by atoms with Gasteiger partial charge in [-0.25, -0.2) is 13.5 Å². The molecule has 0 fully saturated rings. The van der Waals surface area contributed by atoms with Crippen molar-refractivity contribution in [2.45, 2.75) is 6.92 Å². The summed E-state index contributed by atoms with van der Waals surface area (Å²) in [5, 5.41) is 7.34. The molecule has 4 rings (SSSR count). The van der Waals surface area contributed by atoms with Gasteiger partial charge in [-0.1, -0.05) is 17.7 Å². The lowest BCUT2D eigenvalue weighted by Crippen LogP contribution is -2.17. The minimum absolute atomic E-state index is 0.275. The van der Waals surface area contributed by atoms with Crippen molar-refractivity contribution in [2.75, 3.05) is 5.32 Å².